The topological polar surface area (TPSA) is 64.7 Å². The van der Waals surface area contributed by atoms with Crippen molar-refractivity contribution in [2.75, 3.05) is 0 Å². The van der Waals surface area contributed by atoms with Crippen LogP contribution in [-0.2, 0) is 0 Å². The molecule has 0 aliphatic heterocycles. The molecule has 0 bridgehead atoms. The van der Waals surface area contributed by atoms with Crippen LogP contribution in [0.4, 0.5) is 0 Å². The first-order valence-electron chi connectivity index (χ1n) is 21.1. The number of hydrogen-bond acceptors (Lipinski definition) is 5. The third-order valence-electron chi connectivity index (χ3n) is 11.9. The molecular weight excluding hydrogens is 769 g/mol. The van der Waals surface area contributed by atoms with Crippen LogP contribution in [0.25, 0.3) is 122 Å². The molecule has 12 aromatic rings. The average molecular weight is 805 g/mol. The SMILES string of the molecule is c1ccc(-c2cc(-c3ccccc3)cc(-c3nc(-c4ccccc4)nc(-c4ccc(-c5c6c(cc7c(-c8ccccc8)nc8ccccc8c57)oc5ccccc56)cc4)n3)c2)cc1. The highest BCUT2D eigenvalue weighted by Crippen LogP contribution is 2.46. The van der Waals surface area contributed by atoms with Crippen molar-refractivity contribution in [1.82, 2.24) is 19.9 Å². The van der Waals surface area contributed by atoms with Crippen LogP contribution in [0.3, 0.4) is 0 Å². The molecule has 0 radical (unpaired) electrons. The smallest absolute Gasteiger partial charge is 0.164 e. The lowest BCUT2D eigenvalue weighted by Crippen LogP contribution is -2.00. The zero-order valence-corrected chi connectivity index (χ0v) is 34.0. The van der Waals surface area contributed by atoms with Crippen LogP contribution >= 0.6 is 0 Å². The molecule has 0 spiro atoms. The summed E-state index contributed by atoms with van der Waals surface area (Å²) in [6.07, 6.45) is 0. The van der Waals surface area contributed by atoms with Crippen molar-refractivity contribution in [3.05, 3.63) is 218 Å². The van der Waals surface area contributed by atoms with E-state index in [0.717, 1.165) is 105 Å². The maximum Gasteiger partial charge on any atom is 0.164 e. The minimum absolute atomic E-state index is 0.592. The quantitative estimate of drug-likeness (QED) is 0.150. The summed E-state index contributed by atoms with van der Waals surface area (Å²) in [5, 5.41) is 5.39. The lowest BCUT2D eigenvalue weighted by Gasteiger charge is -2.16. The highest BCUT2D eigenvalue weighted by Gasteiger charge is 2.22. The summed E-state index contributed by atoms with van der Waals surface area (Å²) >= 11 is 0. The minimum Gasteiger partial charge on any atom is -0.456 e. The predicted molar refractivity (Wildman–Crippen MR) is 258 cm³/mol. The molecule has 0 saturated carbocycles. The van der Waals surface area contributed by atoms with Crippen molar-refractivity contribution >= 4 is 43.6 Å². The number of benzene rings is 9. The van der Waals surface area contributed by atoms with Gasteiger partial charge < -0.3 is 4.42 Å². The van der Waals surface area contributed by atoms with Crippen molar-refractivity contribution in [3.8, 4) is 78.8 Å². The summed E-state index contributed by atoms with van der Waals surface area (Å²) in [6, 6.07) is 75.7. The number of para-hydroxylation sites is 2. The van der Waals surface area contributed by atoms with Crippen molar-refractivity contribution < 1.29 is 4.42 Å². The summed E-state index contributed by atoms with van der Waals surface area (Å²) in [6.45, 7) is 0. The molecule has 0 unspecified atom stereocenters. The van der Waals surface area contributed by atoms with E-state index in [9.17, 15) is 0 Å². The summed E-state index contributed by atoms with van der Waals surface area (Å²) in [4.78, 5) is 20.8. The van der Waals surface area contributed by atoms with E-state index in [2.05, 4.69) is 158 Å². The molecule has 294 valence electrons. The average Bonchev–Trinajstić information content (AvgIpc) is 3.74. The van der Waals surface area contributed by atoms with Crippen molar-refractivity contribution in [3.63, 3.8) is 0 Å². The second kappa shape index (κ2) is 15.2. The number of fused-ring (bicyclic) bond motifs is 6. The van der Waals surface area contributed by atoms with Crippen LogP contribution in [0.2, 0.25) is 0 Å². The Labute approximate surface area is 363 Å². The van der Waals surface area contributed by atoms with Crippen molar-refractivity contribution in [1.29, 1.82) is 0 Å². The molecule has 0 fully saturated rings. The Kier molecular flexibility index (Phi) is 8.75. The molecule has 0 amide bonds. The van der Waals surface area contributed by atoms with Gasteiger partial charge in [0.25, 0.3) is 0 Å². The van der Waals surface area contributed by atoms with E-state index in [1.54, 1.807) is 0 Å². The summed E-state index contributed by atoms with van der Waals surface area (Å²) in [7, 11) is 0. The Bertz CT molecular complexity index is 3590. The fourth-order valence-electron chi connectivity index (χ4n) is 8.91. The van der Waals surface area contributed by atoms with Gasteiger partial charge in [-0.1, -0.05) is 182 Å². The lowest BCUT2D eigenvalue weighted by molar-refractivity contribution is 0.669. The third-order valence-corrected chi connectivity index (χ3v) is 11.9. The number of aromatic nitrogens is 4. The normalized spacial score (nSPS) is 11.5. The Morgan fingerprint density at radius 2 is 0.730 bits per heavy atom. The van der Waals surface area contributed by atoms with Gasteiger partial charge in [-0.2, -0.15) is 0 Å². The molecular formula is C58H36N4O. The van der Waals surface area contributed by atoms with Crippen LogP contribution in [0.15, 0.2) is 223 Å². The van der Waals surface area contributed by atoms with Gasteiger partial charge in [0, 0.05) is 54.7 Å². The molecule has 0 N–H and O–H groups in total. The largest absolute Gasteiger partial charge is 0.456 e. The predicted octanol–water partition coefficient (Wildman–Crippen LogP) is 15.1. The maximum absolute atomic E-state index is 6.65. The first-order valence-corrected chi connectivity index (χ1v) is 21.1. The van der Waals surface area contributed by atoms with E-state index < -0.39 is 0 Å². The van der Waals surface area contributed by atoms with Crippen molar-refractivity contribution in [2.45, 2.75) is 0 Å². The highest BCUT2D eigenvalue weighted by atomic mass is 16.3. The zero-order chi connectivity index (χ0) is 41.7. The Morgan fingerprint density at radius 3 is 1.35 bits per heavy atom. The van der Waals surface area contributed by atoms with Gasteiger partial charge in [0.1, 0.15) is 11.2 Å². The standard InChI is InChI=1S/C58H36N4O/c1-5-17-37(18-6-1)43-33-44(38-19-7-2-8-20-38)35-45(34-43)58-61-56(41-23-11-4-12-24-41)60-57(62-58)42-31-29-39(30-32-42)52-53-46-25-13-15-27-49(46)59-55(40-21-9-3-10-22-40)48(53)36-51-54(52)47-26-14-16-28-50(47)63-51/h1-36H. The van der Waals surface area contributed by atoms with E-state index in [1.807, 2.05) is 60.7 Å². The fourth-order valence-corrected chi connectivity index (χ4v) is 8.91. The van der Waals surface area contributed by atoms with Crippen LogP contribution in [0.5, 0.6) is 0 Å². The summed E-state index contributed by atoms with van der Waals surface area (Å²) < 4.78 is 6.65. The molecule has 3 aromatic heterocycles. The molecule has 9 aromatic carbocycles. The molecule has 12 rings (SSSR count). The lowest BCUT2D eigenvalue weighted by atomic mass is 9.89. The Balaban J connectivity index is 1.07. The van der Waals surface area contributed by atoms with Gasteiger partial charge in [-0.15, -0.1) is 0 Å². The number of hydrogen-bond donors (Lipinski definition) is 0. The Morgan fingerprint density at radius 1 is 0.270 bits per heavy atom. The number of pyridine rings is 1. The second-order valence-corrected chi connectivity index (χ2v) is 15.8. The molecule has 5 nitrogen and oxygen atoms in total. The first kappa shape index (κ1) is 36.3. The molecule has 3 heterocycles. The minimum atomic E-state index is 0.592. The number of nitrogens with zero attached hydrogens (tertiary/aromatic N) is 4. The molecule has 63 heavy (non-hydrogen) atoms. The highest BCUT2D eigenvalue weighted by molar-refractivity contribution is 6.27. The molecule has 5 heteroatoms. The van der Waals surface area contributed by atoms with Gasteiger partial charge in [-0.05, 0) is 64.2 Å². The third kappa shape index (κ3) is 6.51. The molecule has 0 atom stereocenters. The number of rotatable bonds is 7. The maximum atomic E-state index is 6.65. The first-order chi connectivity index (χ1) is 31.2. The van der Waals surface area contributed by atoms with E-state index >= 15 is 0 Å². The molecule has 0 saturated heterocycles. The van der Waals surface area contributed by atoms with E-state index in [1.165, 1.54) is 0 Å². The Hall–Kier alpha value is -8.54. The number of furan rings is 1. The fraction of sp³-hybridized carbons (Fsp3) is 0. The van der Waals surface area contributed by atoms with E-state index in [4.69, 9.17) is 24.4 Å². The van der Waals surface area contributed by atoms with E-state index in [-0.39, 0.29) is 0 Å². The van der Waals surface area contributed by atoms with Gasteiger partial charge in [-0.3, -0.25) is 0 Å². The van der Waals surface area contributed by atoms with Gasteiger partial charge in [-0.25, -0.2) is 19.9 Å². The van der Waals surface area contributed by atoms with Gasteiger partial charge in [0.2, 0.25) is 0 Å². The zero-order valence-electron chi connectivity index (χ0n) is 34.0. The van der Waals surface area contributed by atoms with Crippen LogP contribution in [0.1, 0.15) is 0 Å². The molecule has 0 aliphatic rings. The monoisotopic (exact) mass is 804 g/mol. The van der Waals surface area contributed by atoms with E-state index in [0.29, 0.717) is 17.5 Å². The summed E-state index contributed by atoms with van der Waals surface area (Å²) in [5.41, 5.74) is 13.9. The van der Waals surface area contributed by atoms with Gasteiger partial charge >= 0.3 is 0 Å². The molecule has 0 aliphatic carbocycles. The van der Waals surface area contributed by atoms with Crippen LogP contribution in [0, 0.1) is 0 Å². The van der Waals surface area contributed by atoms with Gasteiger partial charge in [0.05, 0.1) is 11.2 Å². The second-order valence-electron chi connectivity index (χ2n) is 15.8. The van der Waals surface area contributed by atoms with Gasteiger partial charge in [0.15, 0.2) is 17.5 Å². The van der Waals surface area contributed by atoms with Crippen molar-refractivity contribution in [2.24, 2.45) is 0 Å². The van der Waals surface area contributed by atoms with Crippen LogP contribution < -0.4 is 0 Å². The van der Waals surface area contributed by atoms with Crippen LogP contribution in [-0.4, -0.2) is 19.9 Å². The summed E-state index contributed by atoms with van der Waals surface area (Å²) in [5.74, 6) is 1.81.